The van der Waals surface area contributed by atoms with Crippen molar-refractivity contribution in [1.29, 1.82) is 0 Å². The molecule has 1 unspecified atom stereocenters. The minimum atomic E-state index is -0.634. The number of hydrogen-bond acceptors (Lipinski definition) is 1. The van der Waals surface area contributed by atoms with Crippen molar-refractivity contribution in [2.75, 3.05) is 6.54 Å². The van der Waals surface area contributed by atoms with Crippen LogP contribution in [-0.2, 0) is 4.79 Å². The summed E-state index contributed by atoms with van der Waals surface area (Å²) in [5.41, 5.74) is 1.71. The average Bonchev–Trinajstić information content (AvgIpc) is 2.26. The van der Waals surface area contributed by atoms with Gasteiger partial charge in [-0.1, -0.05) is 42.5 Å². The third-order valence-corrected chi connectivity index (χ3v) is 2.34. The molecule has 0 aliphatic rings. The number of nitrogens with one attached hydrogen (secondary N) is 1. The fraction of sp³-hybridized carbons (Fsp3) is 0.250. The summed E-state index contributed by atoms with van der Waals surface area (Å²) in [5.74, 6) is -0.189. The number of carbonyl (C=O) groups is 1. The van der Waals surface area contributed by atoms with E-state index in [-0.39, 0.29) is 5.91 Å². The number of hydrogen-bond donors (Lipinski definition) is 1. The highest BCUT2D eigenvalue weighted by atomic mass is 35.5. The van der Waals surface area contributed by atoms with E-state index in [1.54, 1.807) is 0 Å². The van der Waals surface area contributed by atoms with Gasteiger partial charge in [-0.2, -0.15) is 0 Å². The lowest BCUT2D eigenvalue weighted by Gasteiger charge is -2.10. The fourth-order valence-electron chi connectivity index (χ4n) is 1.10. The Bertz CT molecular complexity index is 348. The fourth-order valence-corrected chi connectivity index (χ4v) is 1.32. The number of amides is 1. The van der Waals surface area contributed by atoms with E-state index >= 15 is 0 Å². The third kappa shape index (κ3) is 3.76. The van der Waals surface area contributed by atoms with E-state index in [0.717, 1.165) is 11.1 Å². The Morgan fingerprint density at radius 2 is 2.07 bits per heavy atom. The normalized spacial score (nSPS) is 11.9. The molecule has 0 spiro atoms. The van der Waals surface area contributed by atoms with Gasteiger partial charge in [-0.25, -0.2) is 0 Å². The molecule has 0 saturated heterocycles. The zero-order valence-corrected chi connectivity index (χ0v) is 9.42. The summed E-state index contributed by atoms with van der Waals surface area (Å²) in [6, 6.07) is 9.27. The van der Waals surface area contributed by atoms with Gasteiger partial charge in [0.2, 0.25) is 5.91 Å². The second kappa shape index (κ2) is 5.56. The van der Waals surface area contributed by atoms with Crippen LogP contribution in [0.3, 0.4) is 0 Å². The first-order valence-corrected chi connectivity index (χ1v) is 5.16. The Labute approximate surface area is 94.9 Å². The van der Waals surface area contributed by atoms with E-state index in [4.69, 9.17) is 11.6 Å². The maximum atomic E-state index is 11.6. The van der Waals surface area contributed by atoms with Crippen molar-refractivity contribution in [3.8, 4) is 0 Å². The van der Waals surface area contributed by atoms with E-state index in [2.05, 4.69) is 11.9 Å². The molecular formula is C12H14ClNO. The van der Waals surface area contributed by atoms with Crippen LogP contribution in [0.1, 0.15) is 17.9 Å². The van der Waals surface area contributed by atoms with Crippen molar-refractivity contribution in [1.82, 2.24) is 5.32 Å². The molecule has 0 aliphatic heterocycles. The lowest BCUT2D eigenvalue weighted by atomic mass is 10.1. The molecule has 0 aliphatic carbocycles. The van der Waals surface area contributed by atoms with Gasteiger partial charge in [-0.15, -0.1) is 11.6 Å². The van der Waals surface area contributed by atoms with Gasteiger partial charge in [-0.3, -0.25) is 4.79 Å². The molecule has 80 valence electrons. The lowest BCUT2D eigenvalue weighted by Crippen LogP contribution is -2.28. The monoisotopic (exact) mass is 223 g/mol. The first-order chi connectivity index (χ1) is 7.11. The van der Waals surface area contributed by atoms with Crippen LogP contribution >= 0.6 is 11.6 Å². The van der Waals surface area contributed by atoms with Gasteiger partial charge in [0.1, 0.15) is 5.38 Å². The van der Waals surface area contributed by atoms with Gasteiger partial charge in [0, 0.05) is 6.54 Å². The second-order valence-corrected chi connectivity index (χ2v) is 3.88. The molecule has 1 rings (SSSR count). The smallest absolute Gasteiger partial charge is 0.242 e. The van der Waals surface area contributed by atoms with Crippen LogP contribution in [0.15, 0.2) is 42.5 Å². The largest absolute Gasteiger partial charge is 0.351 e. The number of carbonyl (C=O) groups excluding carboxylic acids is 1. The van der Waals surface area contributed by atoms with Crippen molar-refractivity contribution in [3.05, 3.63) is 48.0 Å². The van der Waals surface area contributed by atoms with E-state index in [1.165, 1.54) is 0 Å². The number of alkyl halides is 1. The Morgan fingerprint density at radius 1 is 1.47 bits per heavy atom. The van der Waals surface area contributed by atoms with Gasteiger partial charge in [0.15, 0.2) is 0 Å². The summed E-state index contributed by atoms with van der Waals surface area (Å²) in [4.78, 5) is 11.6. The summed E-state index contributed by atoms with van der Waals surface area (Å²) >= 11 is 6.00. The maximum absolute atomic E-state index is 11.6. The van der Waals surface area contributed by atoms with Gasteiger partial charge in [0.25, 0.3) is 0 Å². The molecule has 1 aromatic carbocycles. The molecule has 0 aromatic heterocycles. The second-order valence-electron chi connectivity index (χ2n) is 3.45. The summed E-state index contributed by atoms with van der Waals surface area (Å²) < 4.78 is 0. The molecule has 1 aromatic rings. The minimum absolute atomic E-state index is 0.189. The first-order valence-electron chi connectivity index (χ1n) is 4.72. The Kier molecular flexibility index (Phi) is 4.37. The van der Waals surface area contributed by atoms with E-state index in [9.17, 15) is 4.79 Å². The van der Waals surface area contributed by atoms with Crippen LogP contribution in [0, 0.1) is 0 Å². The van der Waals surface area contributed by atoms with Crippen LogP contribution in [0.25, 0.3) is 0 Å². The molecule has 0 heterocycles. The number of benzene rings is 1. The quantitative estimate of drug-likeness (QED) is 0.617. The highest BCUT2D eigenvalue weighted by molar-refractivity contribution is 6.30. The third-order valence-electron chi connectivity index (χ3n) is 1.89. The molecule has 15 heavy (non-hydrogen) atoms. The van der Waals surface area contributed by atoms with Crippen molar-refractivity contribution in [3.63, 3.8) is 0 Å². The van der Waals surface area contributed by atoms with Gasteiger partial charge < -0.3 is 5.32 Å². The van der Waals surface area contributed by atoms with Crippen LogP contribution in [-0.4, -0.2) is 12.5 Å². The maximum Gasteiger partial charge on any atom is 0.242 e. The number of halogens is 1. The summed E-state index contributed by atoms with van der Waals surface area (Å²) in [5, 5.41) is 2.08. The predicted molar refractivity (Wildman–Crippen MR) is 62.9 cm³/mol. The van der Waals surface area contributed by atoms with E-state index in [1.807, 2.05) is 37.3 Å². The predicted octanol–water partition coefficient (Wildman–Crippen LogP) is 2.66. The number of rotatable bonds is 4. The summed E-state index contributed by atoms with van der Waals surface area (Å²) in [7, 11) is 0. The lowest BCUT2D eigenvalue weighted by molar-refractivity contribution is -0.120. The molecule has 0 bridgehead atoms. The standard InChI is InChI=1S/C12H14ClNO/c1-9(2)8-14-12(15)11(13)10-6-4-3-5-7-10/h3-7,11H,1,8H2,2H3,(H,14,15). The SMILES string of the molecule is C=C(C)CNC(=O)C(Cl)c1ccccc1. The highest BCUT2D eigenvalue weighted by Crippen LogP contribution is 2.19. The van der Waals surface area contributed by atoms with E-state index < -0.39 is 5.38 Å². The molecule has 0 radical (unpaired) electrons. The summed E-state index contributed by atoms with van der Waals surface area (Å²) in [6.45, 7) is 6.02. The summed E-state index contributed by atoms with van der Waals surface area (Å²) in [6.07, 6.45) is 0. The van der Waals surface area contributed by atoms with Gasteiger partial charge in [0.05, 0.1) is 0 Å². The van der Waals surface area contributed by atoms with E-state index in [0.29, 0.717) is 6.54 Å². The molecule has 0 saturated carbocycles. The van der Waals surface area contributed by atoms with Crippen molar-refractivity contribution in [2.45, 2.75) is 12.3 Å². The molecule has 3 heteroatoms. The Hall–Kier alpha value is -1.28. The molecule has 1 atom stereocenters. The van der Waals surface area contributed by atoms with Crippen LogP contribution < -0.4 is 5.32 Å². The van der Waals surface area contributed by atoms with Crippen molar-refractivity contribution in [2.24, 2.45) is 0 Å². The Morgan fingerprint density at radius 3 is 2.60 bits per heavy atom. The van der Waals surface area contributed by atoms with Crippen LogP contribution in [0.2, 0.25) is 0 Å². The topological polar surface area (TPSA) is 29.1 Å². The first kappa shape index (κ1) is 11.8. The van der Waals surface area contributed by atoms with Crippen LogP contribution in [0.4, 0.5) is 0 Å². The zero-order chi connectivity index (χ0) is 11.3. The Balaban J connectivity index is 2.57. The molecule has 1 amide bonds. The van der Waals surface area contributed by atoms with Crippen molar-refractivity contribution >= 4 is 17.5 Å². The average molecular weight is 224 g/mol. The highest BCUT2D eigenvalue weighted by Gasteiger charge is 2.16. The zero-order valence-electron chi connectivity index (χ0n) is 8.66. The molecule has 0 fully saturated rings. The van der Waals surface area contributed by atoms with Gasteiger partial charge in [-0.05, 0) is 12.5 Å². The molecule has 2 nitrogen and oxygen atoms in total. The van der Waals surface area contributed by atoms with Crippen molar-refractivity contribution < 1.29 is 4.79 Å². The molecular weight excluding hydrogens is 210 g/mol. The van der Waals surface area contributed by atoms with Gasteiger partial charge >= 0.3 is 0 Å². The molecule has 1 N–H and O–H groups in total. The minimum Gasteiger partial charge on any atom is -0.351 e. The van der Waals surface area contributed by atoms with Crippen LogP contribution in [0.5, 0.6) is 0 Å².